The van der Waals surface area contributed by atoms with Crippen LogP contribution in [-0.2, 0) is 0 Å². The molecule has 96 valence electrons. The molecule has 0 atom stereocenters. The van der Waals surface area contributed by atoms with Crippen molar-refractivity contribution in [3.05, 3.63) is 43.0 Å². The third-order valence-electron chi connectivity index (χ3n) is 2.71. The third kappa shape index (κ3) is 2.27. The number of ether oxygens (including phenoxy) is 1. The Hall–Kier alpha value is -2.43. The molecule has 0 N–H and O–H groups in total. The molecule has 0 radical (unpaired) electrons. The van der Waals surface area contributed by atoms with Gasteiger partial charge in [0.2, 0.25) is 0 Å². The van der Waals surface area contributed by atoms with Crippen LogP contribution < -0.4 is 4.74 Å². The van der Waals surface area contributed by atoms with Gasteiger partial charge in [-0.15, -0.1) is 10.2 Å². The summed E-state index contributed by atoms with van der Waals surface area (Å²) in [6.07, 6.45) is 5.50. The molecule has 0 amide bonds. The molecule has 0 aliphatic heterocycles. The Morgan fingerprint density at radius 2 is 2.05 bits per heavy atom. The molecule has 0 saturated heterocycles. The molecule has 2 aromatic heterocycles. The lowest BCUT2D eigenvalue weighted by atomic mass is 10.1. The zero-order valence-electron chi connectivity index (χ0n) is 10.8. The van der Waals surface area contributed by atoms with Crippen LogP contribution in [0.3, 0.4) is 0 Å². The van der Waals surface area contributed by atoms with E-state index in [0.717, 1.165) is 16.9 Å². The average molecular weight is 254 g/mol. The molecule has 0 aliphatic carbocycles. The average Bonchev–Trinajstić information content (AvgIpc) is 2.86. The van der Waals surface area contributed by atoms with Gasteiger partial charge >= 0.3 is 0 Å². The SMILES string of the molecule is CC(C)Oc1ccccc1-c1cnc2nncn2c1. The second-order valence-electron chi connectivity index (χ2n) is 4.54. The van der Waals surface area contributed by atoms with E-state index in [4.69, 9.17) is 4.74 Å². The van der Waals surface area contributed by atoms with Crippen molar-refractivity contribution in [2.24, 2.45) is 0 Å². The number of benzene rings is 1. The number of aromatic nitrogens is 4. The molecule has 5 heteroatoms. The van der Waals surface area contributed by atoms with Gasteiger partial charge in [0.25, 0.3) is 5.78 Å². The van der Waals surface area contributed by atoms with Crippen LogP contribution in [-0.4, -0.2) is 25.7 Å². The molecule has 5 nitrogen and oxygen atoms in total. The lowest BCUT2D eigenvalue weighted by molar-refractivity contribution is 0.243. The number of rotatable bonds is 3. The normalized spacial score (nSPS) is 11.1. The van der Waals surface area contributed by atoms with Gasteiger partial charge < -0.3 is 4.74 Å². The van der Waals surface area contributed by atoms with E-state index in [1.807, 2.05) is 44.3 Å². The highest BCUT2D eigenvalue weighted by Gasteiger charge is 2.09. The maximum absolute atomic E-state index is 5.82. The van der Waals surface area contributed by atoms with Crippen LogP contribution in [0.5, 0.6) is 5.75 Å². The van der Waals surface area contributed by atoms with Crippen molar-refractivity contribution in [2.75, 3.05) is 0 Å². The van der Waals surface area contributed by atoms with Crippen LogP contribution >= 0.6 is 0 Å². The van der Waals surface area contributed by atoms with E-state index >= 15 is 0 Å². The Labute approximate surface area is 110 Å². The highest BCUT2D eigenvalue weighted by Crippen LogP contribution is 2.29. The van der Waals surface area contributed by atoms with Crippen molar-refractivity contribution in [3.8, 4) is 16.9 Å². The van der Waals surface area contributed by atoms with E-state index in [0.29, 0.717) is 5.78 Å². The standard InChI is InChI=1S/C14H14N4O/c1-10(2)19-13-6-4-3-5-12(13)11-7-15-14-17-16-9-18(14)8-11/h3-10H,1-2H3. The van der Waals surface area contributed by atoms with Gasteiger partial charge in [-0.25, -0.2) is 4.98 Å². The minimum absolute atomic E-state index is 0.132. The van der Waals surface area contributed by atoms with Crippen molar-refractivity contribution >= 4 is 5.78 Å². The van der Waals surface area contributed by atoms with E-state index in [2.05, 4.69) is 15.2 Å². The molecule has 0 saturated carbocycles. The fraction of sp³-hybridized carbons (Fsp3) is 0.214. The van der Waals surface area contributed by atoms with Crippen LogP contribution in [0, 0.1) is 0 Å². The van der Waals surface area contributed by atoms with Crippen molar-refractivity contribution in [1.29, 1.82) is 0 Å². The minimum Gasteiger partial charge on any atom is -0.490 e. The summed E-state index contributed by atoms with van der Waals surface area (Å²) in [5, 5.41) is 7.72. The lowest BCUT2D eigenvalue weighted by Gasteiger charge is -2.14. The fourth-order valence-corrected chi connectivity index (χ4v) is 1.93. The van der Waals surface area contributed by atoms with E-state index in [1.54, 1.807) is 16.9 Å². The van der Waals surface area contributed by atoms with Crippen molar-refractivity contribution < 1.29 is 4.74 Å². The van der Waals surface area contributed by atoms with Crippen LogP contribution in [0.4, 0.5) is 0 Å². The van der Waals surface area contributed by atoms with E-state index in [9.17, 15) is 0 Å². The highest BCUT2D eigenvalue weighted by atomic mass is 16.5. The summed E-state index contributed by atoms with van der Waals surface area (Å²) in [5.41, 5.74) is 1.99. The summed E-state index contributed by atoms with van der Waals surface area (Å²) in [6.45, 7) is 4.02. The Kier molecular flexibility index (Phi) is 2.87. The predicted molar refractivity (Wildman–Crippen MR) is 72.0 cm³/mol. The number of para-hydroxylation sites is 1. The number of hydrogen-bond donors (Lipinski definition) is 0. The first-order chi connectivity index (χ1) is 9.24. The molecule has 0 bridgehead atoms. The maximum atomic E-state index is 5.82. The minimum atomic E-state index is 0.132. The molecule has 1 aromatic carbocycles. The van der Waals surface area contributed by atoms with Crippen LogP contribution in [0.15, 0.2) is 43.0 Å². The number of hydrogen-bond acceptors (Lipinski definition) is 4. The summed E-state index contributed by atoms with van der Waals surface area (Å²) in [5.74, 6) is 1.44. The number of fused-ring (bicyclic) bond motifs is 1. The Morgan fingerprint density at radius 3 is 2.89 bits per heavy atom. The molecule has 0 spiro atoms. The zero-order valence-corrected chi connectivity index (χ0v) is 10.8. The van der Waals surface area contributed by atoms with E-state index in [-0.39, 0.29) is 6.10 Å². The predicted octanol–water partition coefficient (Wildman–Crippen LogP) is 2.58. The van der Waals surface area contributed by atoms with Gasteiger partial charge in [-0.05, 0) is 19.9 Å². The summed E-state index contributed by atoms with van der Waals surface area (Å²) >= 11 is 0. The Morgan fingerprint density at radius 1 is 1.21 bits per heavy atom. The smallest absolute Gasteiger partial charge is 0.254 e. The third-order valence-corrected chi connectivity index (χ3v) is 2.71. The molecule has 19 heavy (non-hydrogen) atoms. The molecule has 0 unspecified atom stereocenters. The van der Waals surface area contributed by atoms with E-state index in [1.165, 1.54) is 0 Å². The van der Waals surface area contributed by atoms with Gasteiger partial charge in [-0.3, -0.25) is 4.40 Å². The molecule has 0 aliphatic rings. The first-order valence-corrected chi connectivity index (χ1v) is 6.15. The maximum Gasteiger partial charge on any atom is 0.254 e. The van der Waals surface area contributed by atoms with Crippen LogP contribution in [0.2, 0.25) is 0 Å². The van der Waals surface area contributed by atoms with Gasteiger partial charge in [0.1, 0.15) is 12.1 Å². The summed E-state index contributed by atoms with van der Waals surface area (Å²) in [6, 6.07) is 7.93. The monoisotopic (exact) mass is 254 g/mol. The second-order valence-corrected chi connectivity index (χ2v) is 4.54. The summed E-state index contributed by atoms with van der Waals surface area (Å²) in [4.78, 5) is 4.27. The molecular weight excluding hydrogens is 240 g/mol. The van der Waals surface area contributed by atoms with Crippen LogP contribution in [0.1, 0.15) is 13.8 Å². The quantitative estimate of drug-likeness (QED) is 0.721. The molecule has 3 rings (SSSR count). The van der Waals surface area contributed by atoms with Crippen molar-refractivity contribution in [2.45, 2.75) is 20.0 Å². The molecule has 3 aromatic rings. The topological polar surface area (TPSA) is 52.3 Å². The first-order valence-electron chi connectivity index (χ1n) is 6.15. The van der Waals surface area contributed by atoms with Gasteiger partial charge in [-0.1, -0.05) is 18.2 Å². The largest absolute Gasteiger partial charge is 0.490 e. The van der Waals surface area contributed by atoms with Gasteiger partial charge in [0, 0.05) is 23.5 Å². The highest BCUT2D eigenvalue weighted by molar-refractivity contribution is 5.69. The summed E-state index contributed by atoms with van der Waals surface area (Å²) in [7, 11) is 0. The van der Waals surface area contributed by atoms with Gasteiger partial charge in [0.15, 0.2) is 0 Å². The molecule has 0 fully saturated rings. The van der Waals surface area contributed by atoms with Gasteiger partial charge in [-0.2, -0.15) is 0 Å². The van der Waals surface area contributed by atoms with Crippen molar-refractivity contribution in [1.82, 2.24) is 19.6 Å². The lowest BCUT2D eigenvalue weighted by Crippen LogP contribution is -2.06. The Balaban J connectivity index is 2.09. The van der Waals surface area contributed by atoms with Crippen molar-refractivity contribution in [3.63, 3.8) is 0 Å². The van der Waals surface area contributed by atoms with E-state index < -0.39 is 0 Å². The molecule has 2 heterocycles. The molecular formula is C14H14N4O. The fourth-order valence-electron chi connectivity index (χ4n) is 1.93. The Bertz CT molecular complexity index is 705. The van der Waals surface area contributed by atoms with Crippen LogP contribution in [0.25, 0.3) is 16.9 Å². The van der Waals surface area contributed by atoms with Gasteiger partial charge in [0.05, 0.1) is 6.10 Å². The number of nitrogens with zero attached hydrogens (tertiary/aromatic N) is 4. The summed E-state index contributed by atoms with van der Waals surface area (Å²) < 4.78 is 7.62. The first kappa shape index (κ1) is 11.6. The second kappa shape index (κ2) is 4.68. The zero-order chi connectivity index (χ0) is 13.2.